The minimum Gasteiger partial charge on any atom is -0.336 e. The minimum atomic E-state index is -0.197. The molecule has 1 amide bonds. The fourth-order valence-corrected chi connectivity index (χ4v) is 3.07. The van der Waals surface area contributed by atoms with Crippen LogP contribution in [0.1, 0.15) is 28.4 Å². The summed E-state index contributed by atoms with van der Waals surface area (Å²) < 4.78 is 13.3. The van der Waals surface area contributed by atoms with Crippen LogP contribution in [0.2, 0.25) is 0 Å². The highest BCUT2D eigenvalue weighted by atomic mass is 19.1. The molecule has 2 aromatic rings. The van der Waals surface area contributed by atoms with Crippen LogP contribution in [-0.4, -0.2) is 41.9 Å². The number of nitrogens with zero attached hydrogens (tertiary/aromatic N) is 2. The molecule has 1 saturated heterocycles. The van der Waals surface area contributed by atoms with Crippen LogP contribution in [0, 0.1) is 5.82 Å². The highest BCUT2D eigenvalue weighted by Crippen LogP contribution is 2.13. The molecule has 0 unspecified atom stereocenters. The van der Waals surface area contributed by atoms with E-state index >= 15 is 0 Å². The number of benzene rings is 2. The van der Waals surface area contributed by atoms with Crippen LogP contribution in [0.3, 0.4) is 0 Å². The zero-order chi connectivity index (χ0) is 16.9. The first-order valence-electron chi connectivity index (χ1n) is 8.50. The van der Waals surface area contributed by atoms with Crippen LogP contribution in [0.4, 0.5) is 4.39 Å². The maximum Gasteiger partial charge on any atom is 0.253 e. The lowest BCUT2D eigenvalue weighted by molar-refractivity contribution is 0.0628. The fourth-order valence-electron chi connectivity index (χ4n) is 3.07. The first-order chi connectivity index (χ1) is 11.7. The van der Waals surface area contributed by atoms with E-state index in [1.165, 1.54) is 11.6 Å². The number of hydrogen-bond donors (Lipinski definition) is 0. The van der Waals surface area contributed by atoms with Crippen LogP contribution < -0.4 is 0 Å². The van der Waals surface area contributed by atoms with Gasteiger partial charge in [-0.25, -0.2) is 4.39 Å². The van der Waals surface area contributed by atoms with Gasteiger partial charge in [-0.3, -0.25) is 9.69 Å². The molecule has 126 valence electrons. The summed E-state index contributed by atoms with van der Waals surface area (Å²) in [5.41, 5.74) is 2.97. The lowest BCUT2D eigenvalue weighted by Crippen LogP contribution is -2.48. The highest BCUT2D eigenvalue weighted by molar-refractivity contribution is 5.94. The van der Waals surface area contributed by atoms with Gasteiger partial charge in [0.1, 0.15) is 5.82 Å². The van der Waals surface area contributed by atoms with Crippen LogP contribution in [0.15, 0.2) is 48.5 Å². The first kappa shape index (κ1) is 16.7. The molecule has 1 heterocycles. The number of carbonyl (C=O) groups excluding carboxylic acids is 1. The molecule has 0 radical (unpaired) electrons. The Morgan fingerprint density at radius 1 is 1.00 bits per heavy atom. The average Bonchev–Trinajstić information content (AvgIpc) is 2.62. The summed E-state index contributed by atoms with van der Waals surface area (Å²) >= 11 is 0. The minimum absolute atomic E-state index is 0.100. The van der Waals surface area contributed by atoms with Gasteiger partial charge >= 0.3 is 0 Å². The predicted molar refractivity (Wildman–Crippen MR) is 93.4 cm³/mol. The summed E-state index contributed by atoms with van der Waals surface area (Å²) in [4.78, 5) is 16.7. The molecule has 0 bridgehead atoms. The average molecular weight is 326 g/mol. The maximum absolute atomic E-state index is 13.3. The van der Waals surface area contributed by atoms with Crippen molar-refractivity contribution in [3.63, 3.8) is 0 Å². The zero-order valence-electron chi connectivity index (χ0n) is 14.0. The number of aryl methyl sites for hydroxylation is 1. The van der Waals surface area contributed by atoms with Crippen LogP contribution in [-0.2, 0) is 13.0 Å². The lowest BCUT2D eigenvalue weighted by atomic mass is 10.1. The summed E-state index contributed by atoms with van der Waals surface area (Å²) in [7, 11) is 0. The molecule has 2 aromatic carbocycles. The number of carbonyl (C=O) groups is 1. The third kappa shape index (κ3) is 4.01. The van der Waals surface area contributed by atoms with Gasteiger partial charge in [-0.2, -0.15) is 0 Å². The maximum atomic E-state index is 13.3. The fraction of sp³-hybridized carbons (Fsp3) is 0.350. The molecule has 0 saturated carbocycles. The third-order valence-corrected chi connectivity index (χ3v) is 4.56. The number of piperazine rings is 1. The molecule has 3 nitrogen and oxygen atoms in total. The monoisotopic (exact) mass is 326 g/mol. The zero-order valence-corrected chi connectivity index (χ0v) is 14.0. The lowest BCUT2D eigenvalue weighted by Gasteiger charge is -2.34. The third-order valence-electron chi connectivity index (χ3n) is 4.56. The topological polar surface area (TPSA) is 23.6 Å². The van der Waals surface area contributed by atoms with E-state index in [2.05, 4.69) is 11.8 Å². The highest BCUT2D eigenvalue weighted by Gasteiger charge is 2.22. The Hall–Kier alpha value is -2.20. The van der Waals surface area contributed by atoms with E-state index in [9.17, 15) is 9.18 Å². The van der Waals surface area contributed by atoms with Gasteiger partial charge in [-0.15, -0.1) is 0 Å². The summed E-state index contributed by atoms with van der Waals surface area (Å²) in [5.74, 6) is -0.0973. The number of rotatable bonds is 4. The number of amides is 1. The van der Waals surface area contributed by atoms with Crippen molar-refractivity contribution in [3.05, 3.63) is 71.0 Å². The van der Waals surface area contributed by atoms with Gasteiger partial charge in [0.25, 0.3) is 5.91 Å². The Labute approximate surface area is 142 Å². The Kier molecular flexibility index (Phi) is 5.26. The number of hydrogen-bond acceptors (Lipinski definition) is 2. The molecule has 0 aromatic heterocycles. The van der Waals surface area contributed by atoms with Crippen molar-refractivity contribution in [2.24, 2.45) is 0 Å². The van der Waals surface area contributed by atoms with E-state index in [1.54, 1.807) is 12.1 Å². The van der Waals surface area contributed by atoms with Gasteiger partial charge in [0.2, 0.25) is 0 Å². The molecule has 0 aliphatic carbocycles. The molecule has 3 rings (SSSR count). The molecule has 4 heteroatoms. The first-order valence-corrected chi connectivity index (χ1v) is 8.50. The van der Waals surface area contributed by atoms with Crippen molar-refractivity contribution in [2.75, 3.05) is 26.2 Å². The molecular formula is C20H23FN2O. The van der Waals surface area contributed by atoms with E-state index in [4.69, 9.17) is 0 Å². The Morgan fingerprint density at radius 2 is 1.71 bits per heavy atom. The largest absolute Gasteiger partial charge is 0.336 e. The molecule has 0 spiro atoms. The van der Waals surface area contributed by atoms with Crippen molar-refractivity contribution in [2.45, 2.75) is 19.9 Å². The summed E-state index contributed by atoms with van der Waals surface area (Å²) in [6, 6.07) is 14.6. The van der Waals surface area contributed by atoms with Crippen molar-refractivity contribution in [1.29, 1.82) is 0 Å². The van der Waals surface area contributed by atoms with Crippen LogP contribution in [0.25, 0.3) is 0 Å². The normalized spacial score (nSPS) is 15.5. The van der Waals surface area contributed by atoms with Crippen molar-refractivity contribution in [1.82, 2.24) is 9.80 Å². The van der Waals surface area contributed by atoms with E-state index in [0.29, 0.717) is 13.1 Å². The Balaban J connectivity index is 1.55. The molecule has 1 aliphatic rings. The van der Waals surface area contributed by atoms with Gasteiger partial charge in [0.05, 0.1) is 0 Å². The van der Waals surface area contributed by atoms with Gasteiger partial charge in [0.15, 0.2) is 0 Å². The Morgan fingerprint density at radius 3 is 2.33 bits per heavy atom. The summed E-state index contributed by atoms with van der Waals surface area (Å²) in [6.45, 7) is 5.89. The quantitative estimate of drug-likeness (QED) is 0.860. The second-order valence-corrected chi connectivity index (χ2v) is 6.25. The van der Waals surface area contributed by atoms with E-state index in [0.717, 1.165) is 37.2 Å². The summed E-state index contributed by atoms with van der Waals surface area (Å²) in [6.07, 6.45) is 0.979. The van der Waals surface area contributed by atoms with Gasteiger partial charge in [0, 0.05) is 38.3 Å². The van der Waals surface area contributed by atoms with E-state index < -0.39 is 0 Å². The molecular weight excluding hydrogens is 303 g/mol. The molecule has 1 fully saturated rings. The molecule has 1 aliphatic heterocycles. The van der Waals surface area contributed by atoms with Gasteiger partial charge < -0.3 is 4.90 Å². The molecule has 0 N–H and O–H groups in total. The van der Waals surface area contributed by atoms with Crippen molar-refractivity contribution >= 4 is 5.91 Å². The van der Waals surface area contributed by atoms with Crippen LogP contribution in [0.5, 0.6) is 0 Å². The van der Waals surface area contributed by atoms with Gasteiger partial charge in [-0.05, 0) is 41.8 Å². The molecule has 0 atom stereocenters. The predicted octanol–water partition coefficient (Wildman–Crippen LogP) is 3.35. The smallest absolute Gasteiger partial charge is 0.253 e. The van der Waals surface area contributed by atoms with E-state index in [-0.39, 0.29) is 11.7 Å². The number of halogens is 1. The van der Waals surface area contributed by atoms with Crippen LogP contribution >= 0.6 is 0 Å². The SMILES string of the molecule is CCc1ccc(C(=O)N2CCN(Cc3cccc(F)c3)CC2)cc1. The van der Waals surface area contributed by atoms with Crippen molar-refractivity contribution in [3.8, 4) is 0 Å². The second kappa shape index (κ2) is 7.58. The summed E-state index contributed by atoms with van der Waals surface area (Å²) in [5, 5.41) is 0. The van der Waals surface area contributed by atoms with Gasteiger partial charge in [-0.1, -0.05) is 31.2 Å². The van der Waals surface area contributed by atoms with E-state index in [1.807, 2.05) is 35.2 Å². The van der Waals surface area contributed by atoms with Crippen molar-refractivity contribution < 1.29 is 9.18 Å². The standard InChI is InChI=1S/C20H23FN2O/c1-2-16-6-8-18(9-7-16)20(24)23-12-10-22(11-13-23)15-17-4-3-5-19(21)14-17/h3-9,14H,2,10-13,15H2,1H3. The second-order valence-electron chi connectivity index (χ2n) is 6.25. The Bertz CT molecular complexity index is 691. The molecule has 24 heavy (non-hydrogen) atoms.